The molecule has 0 unspecified atom stereocenters. The molecule has 0 bridgehead atoms. The van der Waals surface area contributed by atoms with Crippen LogP contribution in [0.4, 0.5) is 0 Å². The Hall–Kier alpha value is -1.29. The Morgan fingerprint density at radius 2 is 1.67 bits per heavy atom. The van der Waals surface area contributed by atoms with Gasteiger partial charge in [-0.2, -0.15) is 5.26 Å². The van der Waals surface area contributed by atoms with Crippen LogP contribution >= 0.6 is 0 Å². The Balaban J connectivity index is 2.07. The molecule has 1 aliphatic carbocycles. The minimum absolute atomic E-state index is 0.731. The first kappa shape index (κ1) is 10.2. The van der Waals surface area contributed by atoms with E-state index in [4.69, 9.17) is 5.26 Å². The van der Waals surface area contributed by atoms with Gasteiger partial charge < -0.3 is 0 Å². The molecule has 1 heteroatoms. The van der Waals surface area contributed by atoms with E-state index >= 15 is 0 Å². The van der Waals surface area contributed by atoms with Crippen molar-refractivity contribution < 1.29 is 0 Å². The molecule has 0 aliphatic heterocycles. The van der Waals surface area contributed by atoms with Crippen LogP contribution in [0.15, 0.2) is 24.3 Å². The van der Waals surface area contributed by atoms with Crippen LogP contribution in [0.2, 0.25) is 0 Å². The molecule has 15 heavy (non-hydrogen) atoms. The molecule has 78 valence electrons. The van der Waals surface area contributed by atoms with Crippen molar-refractivity contribution in [3.05, 3.63) is 35.4 Å². The van der Waals surface area contributed by atoms with Crippen molar-refractivity contribution in [3.8, 4) is 6.07 Å². The average Bonchev–Trinajstić information content (AvgIpc) is 2.30. The van der Waals surface area contributed by atoms with Gasteiger partial charge in [0.25, 0.3) is 0 Å². The van der Waals surface area contributed by atoms with Crippen LogP contribution in [0, 0.1) is 17.2 Å². The van der Waals surface area contributed by atoms with Crippen molar-refractivity contribution in [2.45, 2.75) is 38.5 Å². The number of rotatable bonds is 1. The molecule has 1 nitrogen and oxygen atoms in total. The average molecular weight is 199 g/mol. The molecule has 2 rings (SSSR count). The fourth-order valence-corrected chi connectivity index (χ4v) is 2.42. The van der Waals surface area contributed by atoms with Gasteiger partial charge in [0, 0.05) is 0 Å². The third kappa shape index (κ3) is 2.39. The summed E-state index contributed by atoms with van der Waals surface area (Å²) in [4.78, 5) is 0. The van der Waals surface area contributed by atoms with Gasteiger partial charge in [-0.3, -0.25) is 0 Å². The van der Waals surface area contributed by atoms with E-state index in [9.17, 15) is 0 Å². The van der Waals surface area contributed by atoms with E-state index in [1.165, 1.54) is 31.2 Å². The maximum absolute atomic E-state index is 8.72. The highest BCUT2D eigenvalue weighted by molar-refractivity contribution is 5.33. The largest absolute Gasteiger partial charge is 0.192 e. The van der Waals surface area contributed by atoms with E-state index < -0.39 is 0 Å². The van der Waals surface area contributed by atoms with E-state index in [-0.39, 0.29) is 0 Å². The highest BCUT2D eigenvalue weighted by atomic mass is 14.3. The molecule has 0 atom stereocenters. The van der Waals surface area contributed by atoms with Crippen LogP contribution < -0.4 is 0 Å². The number of nitrogens with zero attached hydrogens (tertiary/aromatic N) is 1. The second kappa shape index (κ2) is 4.49. The van der Waals surface area contributed by atoms with Crippen molar-refractivity contribution in [3.63, 3.8) is 0 Å². The van der Waals surface area contributed by atoms with Crippen molar-refractivity contribution in [1.82, 2.24) is 0 Å². The van der Waals surface area contributed by atoms with Crippen molar-refractivity contribution in [2.75, 3.05) is 0 Å². The predicted octanol–water partition coefficient (Wildman–Crippen LogP) is 3.85. The summed E-state index contributed by atoms with van der Waals surface area (Å²) in [6.07, 6.45) is 5.33. The van der Waals surface area contributed by atoms with Gasteiger partial charge in [0.2, 0.25) is 0 Å². The van der Waals surface area contributed by atoms with Crippen LogP contribution in [-0.4, -0.2) is 0 Å². The summed E-state index contributed by atoms with van der Waals surface area (Å²) in [6, 6.07) is 10.3. The van der Waals surface area contributed by atoms with E-state index in [0.717, 1.165) is 17.4 Å². The van der Waals surface area contributed by atoms with Gasteiger partial charge in [0.1, 0.15) is 0 Å². The number of benzene rings is 1. The second-order valence-corrected chi connectivity index (χ2v) is 4.69. The molecule has 0 radical (unpaired) electrons. The standard InChI is InChI=1S/C14H17N/c1-11-2-6-13(7-3-11)14-8-4-12(10-15)5-9-14/h4-5,8-9,11,13H,2-3,6-7H2,1H3. The molecular formula is C14H17N. The fraction of sp³-hybridized carbons (Fsp3) is 0.500. The molecule has 1 aliphatic rings. The van der Waals surface area contributed by atoms with Crippen LogP contribution in [-0.2, 0) is 0 Å². The first-order chi connectivity index (χ1) is 7.29. The third-order valence-corrected chi connectivity index (χ3v) is 3.53. The summed E-state index contributed by atoms with van der Waals surface area (Å²) in [6.45, 7) is 2.34. The zero-order chi connectivity index (χ0) is 10.7. The minimum atomic E-state index is 0.731. The van der Waals surface area contributed by atoms with Crippen molar-refractivity contribution >= 4 is 0 Å². The van der Waals surface area contributed by atoms with Gasteiger partial charge in [-0.1, -0.05) is 31.9 Å². The van der Waals surface area contributed by atoms with E-state index in [2.05, 4.69) is 25.1 Å². The van der Waals surface area contributed by atoms with E-state index in [1.54, 1.807) is 0 Å². The lowest BCUT2D eigenvalue weighted by atomic mass is 9.79. The Labute approximate surface area is 91.7 Å². The quantitative estimate of drug-likeness (QED) is 0.674. The van der Waals surface area contributed by atoms with E-state index in [1.807, 2.05) is 12.1 Å². The van der Waals surface area contributed by atoms with Crippen LogP contribution in [0.5, 0.6) is 0 Å². The van der Waals surface area contributed by atoms with Gasteiger partial charge in [-0.25, -0.2) is 0 Å². The lowest BCUT2D eigenvalue weighted by Gasteiger charge is -2.26. The smallest absolute Gasteiger partial charge is 0.0991 e. The molecular weight excluding hydrogens is 182 g/mol. The molecule has 0 amide bonds. The maximum atomic E-state index is 8.72. The summed E-state index contributed by atoms with van der Waals surface area (Å²) in [5.41, 5.74) is 2.18. The summed E-state index contributed by atoms with van der Waals surface area (Å²) in [5, 5.41) is 8.72. The molecule has 0 aromatic heterocycles. The Morgan fingerprint density at radius 1 is 1.07 bits per heavy atom. The fourth-order valence-electron chi connectivity index (χ4n) is 2.42. The van der Waals surface area contributed by atoms with Crippen LogP contribution in [0.1, 0.15) is 49.7 Å². The monoisotopic (exact) mass is 199 g/mol. The molecule has 1 fully saturated rings. The molecule has 1 aromatic rings. The molecule has 0 N–H and O–H groups in total. The lowest BCUT2D eigenvalue weighted by Crippen LogP contribution is -2.10. The van der Waals surface area contributed by atoms with Crippen molar-refractivity contribution in [1.29, 1.82) is 5.26 Å². The van der Waals surface area contributed by atoms with Gasteiger partial charge >= 0.3 is 0 Å². The predicted molar refractivity (Wildman–Crippen MR) is 61.5 cm³/mol. The number of hydrogen-bond donors (Lipinski definition) is 0. The molecule has 0 saturated heterocycles. The van der Waals surface area contributed by atoms with Crippen LogP contribution in [0.25, 0.3) is 0 Å². The molecule has 1 saturated carbocycles. The summed E-state index contributed by atoms with van der Waals surface area (Å²) >= 11 is 0. The second-order valence-electron chi connectivity index (χ2n) is 4.69. The Bertz CT molecular complexity index is 350. The van der Waals surface area contributed by atoms with Gasteiger partial charge in [0.05, 0.1) is 11.6 Å². The SMILES string of the molecule is CC1CCC(c2ccc(C#N)cc2)CC1. The normalized spacial score (nSPS) is 25.9. The first-order valence-electron chi connectivity index (χ1n) is 5.79. The Kier molecular flexibility index (Phi) is 3.06. The van der Waals surface area contributed by atoms with Gasteiger partial charge in [-0.05, 0) is 42.4 Å². The summed E-state index contributed by atoms with van der Waals surface area (Å²) in [5.74, 6) is 1.63. The number of hydrogen-bond acceptors (Lipinski definition) is 1. The molecule has 0 spiro atoms. The third-order valence-electron chi connectivity index (χ3n) is 3.53. The summed E-state index contributed by atoms with van der Waals surface area (Å²) < 4.78 is 0. The van der Waals surface area contributed by atoms with Crippen LogP contribution in [0.3, 0.4) is 0 Å². The molecule has 1 aromatic carbocycles. The molecule has 0 heterocycles. The first-order valence-corrected chi connectivity index (χ1v) is 5.79. The minimum Gasteiger partial charge on any atom is -0.192 e. The van der Waals surface area contributed by atoms with Crippen molar-refractivity contribution in [2.24, 2.45) is 5.92 Å². The zero-order valence-electron chi connectivity index (χ0n) is 9.24. The highest BCUT2D eigenvalue weighted by Gasteiger charge is 2.19. The Morgan fingerprint density at radius 3 is 2.20 bits per heavy atom. The lowest BCUT2D eigenvalue weighted by molar-refractivity contribution is 0.348. The summed E-state index contributed by atoms with van der Waals surface area (Å²) in [7, 11) is 0. The zero-order valence-corrected chi connectivity index (χ0v) is 9.24. The van der Waals surface area contributed by atoms with Gasteiger partial charge in [0.15, 0.2) is 0 Å². The topological polar surface area (TPSA) is 23.8 Å². The number of nitriles is 1. The van der Waals surface area contributed by atoms with E-state index in [0.29, 0.717) is 0 Å². The highest BCUT2D eigenvalue weighted by Crippen LogP contribution is 2.35. The van der Waals surface area contributed by atoms with Gasteiger partial charge in [-0.15, -0.1) is 0 Å². The maximum Gasteiger partial charge on any atom is 0.0991 e.